The number of halogens is 2. The first kappa shape index (κ1) is 15.0. The smallest absolute Gasteiger partial charge is 0.224 e. The molecule has 1 heterocycles. The van der Waals surface area contributed by atoms with Gasteiger partial charge in [0.1, 0.15) is 5.37 Å². The van der Waals surface area contributed by atoms with Gasteiger partial charge in [-0.05, 0) is 12.0 Å². The summed E-state index contributed by atoms with van der Waals surface area (Å²) in [6.45, 7) is 4.90. The quantitative estimate of drug-likeness (QED) is 0.811. The van der Waals surface area contributed by atoms with Gasteiger partial charge in [0.2, 0.25) is 5.91 Å². The Hall–Kier alpha value is -0.380. The molecule has 1 aliphatic heterocycles. The van der Waals surface area contributed by atoms with Crippen molar-refractivity contribution in [1.29, 1.82) is 0 Å². The van der Waals surface area contributed by atoms with Gasteiger partial charge in [0.25, 0.3) is 0 Å². The molecule has 1 saturated heterocycles. The van der Waals surface area contributed by atoms with E-state index in [1.165, 1.54) is 0 Å². The Morgan fingerprint density at radius 1 is 1.47 bits per heavy atom. The molecule has 2 nitrogen and oxygen atoms in total. The Kier molecular flexibility index (Phi) is 5.04. The SMILES string of the molecule is CC(C)CC(=O)N1CCSC1c1cccc(Cl)c1Cl. The summed E-state index contributed by atoms with van der Waals surface area (Å²) in [5.74, 6) is 1.51. The summed E-state index contributed by atoms with van der Waals surface area (Å²) in [5.41, 5.74) is 0.939. The molecule has 0 saturated carbocycles. The van der Waals surface area contributed by atoms with E-state index < -0.39 is 0 Å². The van der Waals surface area contributed by atoms with Gasteiger partial charge in [-0.3, -0.25) is 4.79 Å². The van der Waals surface area contributed by atoms with Gasteiger partial charge < -0.3 is 4.90 Å². The zero-order chi connectivity index (χ0) is 14.0. The minimum Gasteiger partial charge on any atom is -0.326 e. The Morgan fingerprint density at radius 3 is 2.89 bits per heavy atom. The van der Waals surface area contributed by atoms with Crippen molar-refractivity contribution >= 4 is 40.9 Å². The number of carbonyl (C=O) groups is 1. The molecule has 1 aliphatic rings. The molecule has 1 atom stereocenters. The first-order valence-electron chi connectivity index (χ1n) is 6.35. The molecule has 19 heavy (non-hydrogen) atoms. The third-order valence-corrected chi connectivity index (χ3v) is 5.12. The third kappa shape index (κ3) is 3.39. The van der Waals surface area contributed by atoms with Crippen molar-refractivity contribution in [2.45, 2.75) is 25.6 Å². The second-order valence-corrected chi connectivity index (χ2v) is 7.02. The van der Waals surface area contributed by atoms with Crippen LogP contribution in [0.3, 0.4) is 0 Å². The van der Waals surface area contributed by atoms with Crippen LogP contribution in [0.5, 0.6) is 0 Å². The second-order valence-electron chi connectivity index (χ2n) is 5.05. The van der Waals surface area contributed by atoms with E-state index in [1.54, 1.807) is 17.8 Å². The monoisotopic (exact) mass is 317 g/mol. The van der Waals surface area contributed by atoms with Gasteiger partial charge in [0.05, 0.1) is 10.0 Å². The minimum absolute atomic E-state index is 0.00236. The maximum atomic E-state index is 12.3. The van der Waals surface area contributed by atoms with Crippen LogP contribution in [-0.4, -0.2) is 23.1 Å². The van der Waals surface area contributed by atoms with E-state index in [1.807, 2.05) is 17.0 Å². The Bertz CT molecular complexity index is 479. The average molecular weight is 318 g/mol. The molecule has 0 N–H and O–H groups in total. The van der Waals surface area contributed by atoms with Gasteiger partial charge in [-0.15, -0.1) is 11.8 Å². The molecule has 1 amide bonds. The van der Waals surface area contributed by atoms with Crippen molar-refractivity contribution in [1.82, 2.24) is 4.90 Å². The maximum absolute atomic E-state index is 12.3. The normalized spacial score (nSPS) is 19.2. The van der Waals surface area contributed by atoms with E-state index in [0.717, 1.165) is 17.9 Å². The summed E-state index contributed by atoms with van der Waals surface area (Å²) < 4.78 is 0. The molecule has 1 aromatic carbocycles. The highest BCUT2D eigenvalue weighted by Gasteiger charge is 2.32. The number of thioether (sulfide) groups is 1. The highest BCUT2D eigenvalue weighted by molar-refractivity contribution is 7.99. The lowest BCUT2D eigenvalue weighted by molar-refractivity contribution is -0.132. The van der Waals surface area contributed by atoms with E-state index in [-0.39, 0.29) is 11.3 Å². The highest BCUT2D eigenvalue weighted by Crippen LogP contribution is 2.43. The largest absolute Gasteiger partial charge is 0.326 e. The third-order valence-electron chi connectivity index (χ3n) is 3.04. The molecule has 0 aromatic heterocycles. The first-order valence-corrected chi connectivity index (χ1v) is 8.16. The van der Waals surface area contributed by atoms with Gasteiger partial charge in [-0.2, -0.15) is 0 Å². The van der Waals surface area contributed by atoms with Crippen LogP contribution in [0, 0.1) is 5.92 Å². The standard InChI is InChI=1S/C14H17Cl2NOS/c1-9(2)8-12(18)17-6-7-19-14(17)10-4-3-5-11(15)13(10)16/h3-5,9,14H,6-8H2,1-2H3. The average Bonchev–Trinajstić information content (AvgIpc) is 2.80. The zero-order valence-electron chi connectivity index (χ0n) is 11.0. The summed E-state index contributed by atoms with van der Waals surface area (Å²) in [5, 5.41) is 1.10. The summed E-state index contributed by atoms with van der Waals surface area (Å²) >= 11 is 14.1. The number of hydrogen-bond donors (Lipinski definition) is 0. The van der Waals surface area contributed by atoms with Crippen LogP contribution < -0.4 is 0 Å². The van der Waals surface area contributed by atoms with Gasteiger partial charge in [-0.25, -0.2) is 0 Å². The zero-order valence-corrected chi connectivity index (χ0v) is 13.4. The molecule has 0 radical (unpaired) electrons. The van der Waals surface area contributed by atoms with E-state index in [2.05, 4.69) is 13.8 Å². The van der Waals surface area contributed by atoms with Crippen LogP contribution in [0.25, 0.3) is 0 Å². The van der Waals surface area contributed by atoms with Crippen LogP contribution in [0.15, 0.2) is 18.2 Å². The van der Waals surface area contributed by atoms with Gasteiger partial charge in [-0.1, -0.05) is 49.2 Å². The fourth-order valence-electron chi connectivity index (χ4n) is 2.16. The Morgan fingerprint density at radius 2 is 2.21 bits per heavy atom. The molecule has 104 valence electrons. The van der Waals surface area contributed by atoms with Crippen LogP contribution in [0.2, 0.25) is 10.0 Å². The molecule has 0 bridgehead atoms. The predicted molar refractivity (Wildman–Crippen MR) is 82.8 cm³/mol. The van der Waals surface area contributed by atoms with Crippen molar-refractivity contribution in [3.05, 3.63) is 33.8 Å². The van der Waals surface area contributed by atoms with E-state index in [0.29, 0.717) is 22.4 Å². The minimum atomic E-state index is -0.00236. The van der Waals surface area contributed by atoms with Gasteiger partial charge in [0, 0.05) is 24.3 Å². The lowest BCUT2D eigenvalue weighted by Crippen LogP contribution is -2.31. The van der Waals surface area contributed by atoms with Crippen molar-refractivity contribution in [3.8, 4) is 0 Å². The lowest BCUT2D eigenvalue weighted by atomic mass is 10.1. The summed E-state index contributed by atoms with van der Waals surface area (Å²) in [6, 6.07) is 5.60. The Labute approximate surface area is 128 Å². The lowest BCUT2D eigenvalue weighted by Gasteiger charge is -2.25. The summed E-state index contributed by atoms with van der Waals surface area (Å²) in [6.07, 6.45) is 0.579. The molecule has 1 fully saturated rings. The fourth-order valence-corrected chi connectivity index (χ4v) is 3.94. The predicted octanol–water partition coefficient (Wildman–Crippen LogP) is 4.61. The fraction of sp³-hybridized carbons (Fsp3) is 0.500. The summed E-state index contributed by atoms with van der Waals surface area (Å²) in [7, 11) is 0. The number of carbonyl (C=O) groups excluding carboxylic acids is 1. The number of amides is 1. The topological polar surface area (TPSA) is 20.3 Å². The molecule has 0 spiro atoms. The Balaban J connectivity index is 2.23. The molecule has 2 rings (SSSR count). The summed E-state index contributed by atoms with van der Waals surface area (Å²) in [4.78, 5) is 14.2. The molecular formula is C14H17Cl2NOS. The van der Waals surface area contributed by atoms with Crippen LogP contribution in [0.1, 0.15) is 31.2 Å². The molecule has 0 aliphatic carbocycles. The van der Waals surface area contributed by atoms with Crippen molar-refractivity contribution in [2.24, 2.45) is 5.92 Å². The first-order chi connectivity index (χ1) is 9.00. The van der Waals surface area contributed by atoms with Gasteiger partial charge >= 0.3 is 0 Å². The second kappa shape index (κ2) is 6.38. The molecule has 1 unspecified atom stereocenters. The van der Waals surface area contributed by atoms with E-state index in [4.69, 9.17) is 23.2 Å². The van der Waals surface area contributed by atoms with Crippen LogP contribution in [0.4, 0.5) is 0 Å². The van der Waals surface area contributed by atoms with Crippen molar-refractivity contribution in [3.63, 3.8) is 0 Å². The van der Waals surface area contributed by atoms with Gasteiger partial charge in [0.15, 0.2) is 0 Å². The molecular weight excluding hydrogens is 301 g/mol. The number of benzene rings is 1. The highest BCUT2D eigenvalue weighted by atomic mass is 35.5. The maximum Gasteiger partial charge on any atom is 0.224 e. The van der Waals surface area contributed by atoms with Crippen molar-refractivity contribution in [2.75, 3.05) is 12.3 Å². The van der Waals surface area contributed by atoms with E-state index >= 15 is 0 Å². The number of nitrogens with zero attached hydrogens (tertiary/aromatic N) is 1. The number of rotatable bonds is 3. The van der Waals surface area contributed by atoms with Crippen LogP contribution >= 0.6 is 35.0 Å². The number of hydrogen-bond acceptors (Lipinski definition) is 2. The van der Waals surface area contributed by atoms with E-state index in [9.17, 15) is 4.79 Å². The van der Waals surface area contributed by atoms with Crippen LogP contribution in [-0.2, 0) is 4.79 Å². The molecule has 1 aromatic rings. The van der Waals surface area contributed by atoms with Crippen molar-refractivity contribution < 1.29 is 4.79 Å². The molecule has 5 heteroatoms.